The van der Waals surface area contributed by atoms with Crippen molar-refractivity contribution in [3.63, 3.8) is 0 Å². The van der Waals surface area contributed by atoms with Crippen molar-refractivity contribution in [2.75, 3.05) is 6.54 Å². The van der Waals surface area contributed by atoms with Crippen molar-refractivity contribution >= 4 is 5.65 Å². The zero-order valence-electron chi connectivity index (χ0n) is 10.9. The molecule has 0 unspecified atom stereocenters. The van der Waals surface area contributed by atoms with E-state index in [1.807, 2.05) is 40.8 Å². The average molecular weight is 265 g/mol. The van der Waals surface area contributed by atoms with Crippen LogP contribution in [0.5, 0.6) is 0 Å². The van der Waals surface area contributed by atoms with E-state index in [1.54, 1.807) is 0 Å². The standard InChI is InChI=1S/C14H17F2N3/c1-10-2-5-14-17-11(8-19(14)6-10)7-18(9-13(15)16)12-3-4-12/h2,5-6,8,12-13H,3-4,7,9H2,1H3. The highest BCUT2D eigenvalue weighted by Crippen LogP contribution is 2.28. The molecule has 0 amide bonds. The molecule has 3 rings (SSSR count). The molecule has 0 saturated heterocycles. The second-order valence-electron chi connectivity index (χ2n) is 5.26. The van der Waals surface area contributed by atoms with E-state index in [0.717, 1.165) is 29.7 Å². The minimum absolute atomic E-state index is 0.155. The minimum atomic E-state index is -2.28. The van der Waals surface area contributed by atoms with E-state index in [2.05, 4.69) is 4.98 Å². The molecule has 1 aliphatic carbocycles. The third-order valence-electron chi connectivity index (χ3n) is 3.45. The smallest absolute Gasteiger partial charge is 0.251 e. The maximum atomic E-state index is 12.6. The Hall–Kier alpha value is -1.49. The van der Waals surface area contributed by atoms with E-state index in [1.165, 1.54) is 0 Å². The first-order chi connectivity index (χ1) is 9.11. The van der Waals surface area contributed by atoms with Gasteiger partial charge in [-0.3, -0.25) is 4.90 Å². The summed E-state index contributed by atoms with van der Waals surface area (Å²) in [5.74, 6) is 0. The summed E-state index contributed by atoms with van der Waals surface area (Å²) in [5, 5.41) is 0. The highest BCUT2D eigenvalue weighted by atomic mass is 19.3. The molecule has 2 heterocycles. The third-order valence-corrected chi connectivity index (χ3v) is 3.45. The Morgan fingerprint density at radius 3 is 2.84 bits per heavy atom. The summed E-state index contributed by atoms with van der Waals surface area (Å²) in [5.41, 5.74) is 2.88. The molecule has 102 valence electrons. The van der Waals surface area contributed by atoms with Gasteiger partial charge in [0.25, 0.3) is 6.43 Å². The summed E-state index contributed by atoms with van der Waals surface area (Å²) < 4.78 is 27.1. The molecule has 0 aromatic carbocycles. The van der Waals surface area contributed by atoms with Gasteiger partial charge in [0.2, 0.25) is 0 Å². The van der Waals surface area contributed by atoms with Crippen molar-refractivity contribution in [2.24, 2.45) is 0 Å². The number of aromatic nitrogens is 2. The van der Waals surface area contributed by atoms with Crippen LogP contribution in [-0.2, 0) is 6.54 Å². The number of fused-ring (bicyclic) bond motifs is 1. The molecular weight excluding hydrogens is 248 g/mol. The number of hydrogen-bond donors (Lipinski definition) is 0. The van der Waals surface area contributed by atoms with Crippen LogP contribution in [0, 0.1) is 6.92 Å². The Balaban J connectivity index is 1.79. The van der Waals surface area contributed by atoms with Gasteiger partial charge in [0.15, 0.2) is 0 Å². The Morgan fingerprint density at radius 1 is 1.37 bits per heavy atom. The molecule has 1 aliphatic rings. The lowest BCUT2D eigenvalue weighted by Crippen LogP contribution is -2.30. The van der Waals surface area contributed by atoms with E-state index in [4.69, 9.17) is 0 Å². The summed E-state index contributed by atoms with van der Waals surface area (Å²) in [7, 11) is 0. The fourth-order valence-electron chi connectivity index (χ4n) is 2.40. The fourth-order valence-corrected chi connectivity index (χ4v) is 2.40. The number of pyridine rings is 1. The predicted octanol–water partition coefficient (Wildman–Crippen LogP) is 2.87. The molecule has 3 nitrogen and oxygen atoms in total. The van der Waals surface area contributed by atoms with Crippen LogP contribution < -0.4 is 0 Å². The Kier molecular flexibility index (Phi) is 3.22. The molecule has 0 spiro atoms. The van der Waals surface area contributed by atoms with E-state index >= 15 is 0 Å². The van der Waals surface area contributed by atoms with Gasteiger partial charge in [-0.25, -0.2) is 13.8 Å². The van der Waals surface area contributed by atoms with Crippen molar-refractivity contribution < 1.29 is 8.78 Å². The van der Waals surface area contributed by atoms with Crippen molar-refractivity contribution in [3.8, 4) is 0 Å². The van der Waals surface area contributed by atoms with Gasteiger partial charge in [-0.2, -0.15) is 0 Å². The van der Waals surface area contributed by atoms with Gasteiger partial charge >= 0.3 is 0 Å². The van der Waals surface area contributed by atoms with Gasteiger partial charge in [-0.05, 0) is 31.4 Å². The number of alkyl halides is 2. The first kappa shape index (κ1) is 12.5. The lowest BCUT2D eigenvalue weighted by molar-refractivity contribution is 0.0800. The zero-order chi connectivity index (χ0) is 13.4. The van der Waals surface area contributed by atoms with Gasteiger partial charge in [-0.1, -0.05) is 6.07 Å². The minimum Gasteiger partial charge on any atom is -0.307 e. The molecule has 19 heavy (non-hydrogen) atoms. The van der Waals surface area contributed by atoms with Crippen LogP contribution in [-0.4, -0.2) is 33.3 Å². The SMILES string of the molecule is Cc1ccc2nc(CN(CC(F)F)C3CC3)cn2c1. The Bertz CT molecular complexity index is 575. The third kappa shape index (κ3) is 2.92. The Labute approximate surface area is 110 Å². The fraction of sp³-hybridized carbons (Fsp3) is 0.500. The monoisotopic (exact) mass is 265 g/mol. The zero-order valence-corrected chi connectivity index (χ0v) is 10.9. The van der Waals surface area contributed by atoms with Crippen LogP contribution >= 0.6 is 0 Å². The van der Waals surface area contributed by atoms with Gasteiger partial charge in [-0.15, -0.1) is 0 Å². The highest BCUT2D eigenvalue weighted by molar-refractivity contribution is 5.41. The maximum absolute atomic E-state index is 12.6. The maximum Gasteiger partial charge on any atom is 0.251 e. The van der Waals surface area contributed by atoms with Crippen LogP contribution in [0.1, 0.15) is 24.1 Å². The van der Waals surface area contributed by atoms with Crippen molar-refractivity contribution in [1.82, 2.24) is 14.3 Å². The summed E-state index contributed by atoms with van der Waals surface area (Å²) >= 11 is 0. The number of aryl methyl sites for hydroxylation is 1. The van der Waals surface area contributed by atoms with Crippen LogP contribution in [0.2, 0.25) is 0 Å². The normalized spacial score (nSPS) is 15.8. The van der Waals surface area contributed by atoms with Crippen molar-refractivity contribution in [3.05, 3.63) is 35.8 Å². The topological polar surface area (TPSA) is 20.5 Å². The molecule has 0 N–H and O–H groups in total. The number of imidazole rings is 1. The molecular formula is C14H17F2N3. The lowest BCUT2D eigenvalue weighted by Gasteiger charge is -2.19. The predicted molar refractivity (Wildman–Crippen MR) is 69.4 cm³/mol. The van der Waals surface area contributed by atoms with E-state index in [-0.39, 0.29) is 6.54 Å². The van der Waals surface area contributed by atoms with E-state index < -0.39 is 6.43 Å². The second kappa shape index (κ2) is 4.89. The van der Waals surface area contributed by atoms with Crippen molar-refractivity contribution in [2.45, 2.75) is 38.8 Å². The summed E-state index contributed by atoms with van der Waals surface area (Å²) in [6.45, 7) is 2.37. The second-order valence-corrected chi connectivity index (χ2v) is 5.26. The van der Waals surface area contributed by atoms with Gasteiger partial charge in [0, 0.05) is 25.0 Å². The molecule has 2 aromatic rings. The molecule has 0 aliphatic heterocycles. The van der Waals surface area contributed by atoms with Crippen LogP contribution in [0.15, 0.2) is 24.5 Å². The molecule has 1 saturated carbocycles. The molecule has 0 bridgehead atoms. The number of rotatable bonds is 5. The lowest BCUT2D eigenvalue weighted by atomic mass is 10.3. The molecule has 2 aromatic heterocycles. The average Bonchev–Trinajstić information content (AvgIpc) is 3.10. The number of halogens is 2. The molecule has 0 atom stereocenters. The van der Waals surface area contributed by atoms with Crippen LogP contribution in [0.25, 0.3) is 5.65 Å². The van der Waals surface area contributed by atoms with Gasteiger partial charge in [0.1, 0.15) is 5.65 Å². The first-order valence-corrected chi connectivity index (χ1v) is 6.58. The molecule has 0 radical (unpaired) electrons. The van der Waals surface area contributed by atoms with Gasteiger partial charge in [0.05, 0.1) is 12.2 Å². The number of nitrogens with zero attached hydrogens (tertiary/aromatic N) is 3. The summed E-state index contributed by atoms with van der Waals surface area (Å²) in [6, 6.07) is 4.28. The highest BCUT2D eigenvalue weighted by Gasteiger charge is 2.31. The Morgan fingerprint density at radius 2 is 2.16 bits per heavy atom. The first-order valence-electron chi connectivity index (χ1n) is 6.58. The van der Waals surface area contributed by atoms with Crippen LogP contribution in [0.4, 0.5) is 8.78 Å². The quantitative estimate of drug-likeness (QED) is 0.828. The van der Waals surface area contributed by atoms with E-state index in [0.29, 0.717) is 12.6 Å². The summed E-state index contributed by atoms with van der Waals surface area (Å²) in [4.78, 5) is 6.33. The van der Waals surface area contributed by atoms with Crippen LogP contribution in [0.3, 0.4) is 0 Å². The number of hydrogen-bond acceptors (Lipinski definition) is 2. The largest absolute Gasteiger partial charge is 0.307 e. The molecule has 5 heteroatoms. The van der Waals surface area contributed by atoms with Crippen molar-refractivity contribution in [1.29, 1.82) is 0 Å². The molecule has 1 fully saturated rings. The van der Waals surface area contributed by atoms with Gasteiger partial charge < -0.3 is 4.40 Å². The summed E-state index contributed by atoms with van der Waals surface area (Å²) in [6.07, 6.45) is 3.71. The van der Waals surface area contributed by atoms with E-state index in [9.17, 15) is 8.78 Å².